The zero-order valence-corrected chi connectivity index (χ0v) is 22.2. The fourth-order valence-corrected chi connectivity index (χ4v) is 6.07. The smallest absolute Gasteiger partial charge is 0.255 e. The quantitative estimate of drug-likeness (QED) is 0.386. The summed E-state index contributed by atoms with van der Waals surface area (Å²) in [6.45, 7) is 4.52. The van der Waals surface area contributed by atoms with E-state index in [9.17, 15) is 4.79 Å². The van der Waals surface area contributed by atoms with E-state index in [4.69, 9.17) is 33.2 Å². The summed E-state index contributed by atoms with van der Waals surface area (Å²) >= 11 is 12.2. The molecule has 1 amide bonds. The molecule has 1 N–H and O–H groups in total. The number of benzene rings is 2. The minimum absolute atomic E-state index is 0.170. The van der Waals surface area contributed by atoms with Crippen molar-refractivity contribution >= 4 is 35.1 Å². The van der Waals surface area contributed by atoms with Crippen molar-refractivity contribution in [1.82, 2.24) is 15.3 Å². The second kappa shape index (κ2) is 10.8. The zero-order valence-electron chi connectivity index (χ0n) is 20.6. The van der Waals surface area contributed by atoms with Gasteiger partial charge in [-0.1, -0.05) is 79.4 Å². The Hall–Kier alpha value is -2.63. The van der Waals surface area contributed by atoms with E-state index in [1.165, 1.54) is 12.0 Å². The predicted octanol–water partition coefficient (Wildman–Crippen LogP) is 6.81. The number of carbonyl (C=O) groups excluding carboxylic acids is 1. The number of hydrogen-bond donors (Lipinski definition) is 1. The van der Waals surface area contributed by atoms with E-state index in [2.05, 4.69) is 41.4 Å². The van der Waals surface area contributed by atoms with Crippen LogP contribution < -0.4 is 10.2 Å². The van der Waals surface area contributed by atoms with E-state index in [1.54, 1.807) is 18.3 Å². The number of nitrogens with one attached hydrogen (secondary N) is 1. The van der Waals surface area contributed by atoms with Crippen LogP contribution in [0.3, 0.4) is 0 Å². The number of amides is 1. The highest BCUT2D eigenvalue weighted by Gasteiger charge is 2.42. The molecule has 2 aliphatic rings. The van der Waals surface area contributed by atoms with Crippen LogP contribution in [0.5, 0.6) is 0 Å². The van der Waals surface area contributed by atoms with Crippen LogP contribution in [0, 0.1) is 5.92 Å². The van der Waals surface area contributed by atoms with E-state index < -0.39 is 0 Å². The Balaban J connectivity index is 1.52. The highest BCUT2D eigenvalue weighted by atomic mass is 35.5. The fraction of sp³-hybridized carbons (Fsp3) is 0.414. The summed E-state index contributed by atoms with van der Waals surface area (Å²) in [4.78, 5) is 25.8. The standard InChI is InChI=1S/C29H32Cl2N4O/c1-20-8-7-15-35(19-20)28-33-18-23(27(36)32-17-21-11-12-24(30)25(31)16-21)26(34-28)29(13-5-6-14-29)22-9-3-2-4-10-22/h2-4,9-12,16,18,20H,5-8,13-15,17,19H2,1H3,(H,32,36). The summed E-state index contributed by atoms with van der Waals surface area (Å²) < 4.78 is 0. The van der Waals surface area contributed by atoms with Crippen molar-refractivity contribution in [3.05, 3.63) is 87.2 Å². The molecule has 1 aliphatic carbocycles. The van der Waals surface area contributed by atoms with Crippen molar-refractivity contribution in [1.29, 1.82) is 0 Å². The van der Waals surface area contributed by atoms with Crippen molar-refractivity contribution in [3.63, 3.8) is 0 Å². The number of rotatable bonds is 6. The Bertz CT molecular complexity index is 1230. The fourth-order valence-electron chi connectivity index (χ4n) is 5.75. The highest BCUT2D eigenvalue weighted by Crippen LogP contribution is 2.47. The molecule has 1 unspecified atom stereocenters. The van der Waals surface area contributed by atoms with Crippen LogP contribution in [0.1, 0.15) is 72.6 Å². The molecule has 2 aromatic carbocycles. The maximum atomic E-state index is 13.6. The molecule has 1 saturated heterocycles. The van der Waals surface area contributed by atoms with Crippen molar-refractivity contribution in [3.8, 4) is 0 Å². The van der Waals surface area contributed by atoms with Crippen LogP contribution in [0.25, 0.3) is 0 Å². The highest BCUT2D eigenvalue weighted by molar-refractivity contribution is 6.42. The first-order valence-corrected chi connectivity index (χ1v) is 13.6. The summed E-state index contributed by atoms with van der Waals surface area (Å²) in [5.74, 6) is 1.17. The van der Waals surface area contributed by atoms with Crippen LogP contribution in [0.4, 0.5) is 5.95 Å². The number of nitrogens with zero attached hydrogens (tertiary/aromatic N) is 3. The van der Waals surface area contributed by atoms with Crippen LogP contribution in [0.2, 0.25) is 10.0 Å². The van der Waals surface area contributed by atoms with Crippen molar-refractivity contribution in [2.45, 2.75) is 57.4 Å². The minimum atomic E-state index is -0.295. The number of halogens is 2. The van der Waals surface area contributed by atoms with E-state index in [0.717, 1.165) is 62.4 Å². The van der Waals surface area contributed by atoms with Crippen LogP contribution in [0.15, 0.2) is 54.7 Å². The Morgan fingerprint density at radius 3 is 2.58 bits per heavy atom. The van der Waals surface area contributed by atoms with Gasteiger partial charge in [-0.3, -0.25) is 4.79 Å². The molecule has 1 atom stereocenters. The summed E-state index contributed by atoms with van der Waals surface area (Å²) in [6.07, 6.45) is 8.26. The summed E-state index contributed by atoms with van der Waals surface area (Å²) in [7, 11) is 0. The molecule has 0 spiro atoms. The molecular weight excluding hydrogens is 491 g/mol. The number of anilines is 1. The number of piperidine rings is 1. The molecule has 0 radical (unpaired) electrons. The van der Waals surface area contributed by atoms with Gasteiger partial charge < -0.3 is 10.2 Å². The van der Waals surface area contributed by atoms with E-state index >= 15 is 0 Å². The molecular formula is C29H32Cl2N4O. The summed E-state index contributed by atoms with van der Waals surface area (Å²) in [6, 6.07) is 15.9. The first-order valence-electron chi connectivity index (χ1n) is 12.9. The van der Waals surface area contributed by atoms with Gasteiger partial charge in [0, 0.05) is 31.2 Å². The van der Waals surface area contributed by atoms with E-state index in [1.807, 2.05) is 12.1 Å². The van der Waals surface area contributed by atoms with Crippen LogP contribution in [-0.4, -0.2) is 29.0 Å². The van der Waals surface area contributed by atoms with Crippen LogP contribution in [-0.2, 0) is 12.0 Å². The predicted molar refractivity (Wildman–Crippen MR) is 146 cm³/mol. The third-order valence-electron chi connectivity index (χ3n) is 7.63. The second-order valence-corrected chi connectivity index (χ2v) is 11.0. The third kappa shape index (κ3) is 5.09. The Kier molecular flexibility index (Phi) is 7.49. The molecule has 2 heterocycles. The molecule has 2 fully saturated rings. The molecule has 1 aromatic heterocycles. The normalized spacial score (nSPS) is 19.3. The number of carbonyl (C=O) groups is 1. The van der Waals surface area contributed by atoms with Crippen molar-refractivity contribution < 1.29 is 4.79 Å². The molecule has 36 heavy (non-hydrogen) atoms. The van der Waals surface area contributed by atoms with Gasteiger partial charge in [-0.15, -0.1) is 0 Å². The Morgan fingerprint density at radius 1 is 1.08 bits per heavy atom. The lowest BCUT2D eigenvalue weighted by Crippen LogP contribution is -2.37. The molecule has 7 heteroatoms. The van der Waals surface area contributed by atoms with Crippen molar-refractivity contribution in [2.24, 2.45) is 5.92 Å². The zero-order chi connectivity index (χ0) is 25.1. The van der Waals surface area contributed by atoms with Gasteiger partial charge >= 0.3 is 0 Å². The monoisotopic (exact) mass is 522 g/mol. The van der Waals surface area contributed by atoms with Crippen molar-refractivity contribution in [2.75, 3.05) is 18.0 Å². The Labute approximate surface area is 223 Å². The van der Waals surface area contributed by atoms with Gasteiger partial charge in [0.25, 0.3) is 5.91 Å². The molecule has 5 rings (SSSR count). The van der Waals surface area contributed by atoms with Gasteiger partial charge in [-0.2, -0.15) is 0 Å². The van der Waals surface area contributed by atoms with E-state index in [-0.39, 0.29) is 11.3 Å². The maximum absolute atomic E-state index is 13.6. The maximum Gasteiger partial charge on any atom is 0.255 e. The van der Waals surface area contributed by atoms with Gasteiger partial charge in [0.2, 0.25) is 5.95 Å². The second-order valence-electron chi connectivity index (χ2n) is 10.2. The topological polar surface area (TPSA) is 58.1 Å². The Morgan fingerprint density at radius 2 is 1.86 bits per heavy atom. The number of aromatic nitrogens is 2. The van der Waals surface area contributed by atoms with Gasteiger partial charge in [0.15, 0.2) is 0 Å². The summed E-state index contributed by atoms with van der Waals surface area (Å²) in [5, 5.41) is 4.04. The molecule has 188 valence electrons. The van der Waals surface area contributed by atoms with Gasteiger partial charge in [-0.25, -0.2) is 9.97 Å². The molecule has 5 nitrogen and oxygen atoms in total. The molecule has 0 bridgehead atoms. The van der Waals surface area contributed by atoms with Gasteiger partial charge in [0.1, 0.15) is 0 Å². The first-order chi connectivity index (χ1) is 17.5. The first kappa shape index (κ1) is 25.0. The average molecular weight is 524 g/mol. The molecule has 3 aromatic rings. The largest absolute Gasteiger partial charge is 0.348 e. The lowest BCUT2D eigenvalue weighted by molar-refractivity contribution is 0.0947. The van der Waals surface area contributed by atoms with E-state index in [0.29, 0.717) is 28.1 Å². The SMILES string of the molecule is CC1CCCN(c2ncc(C(=O)NCc3ccc(Cl)c(Cl)c3)c(C3(c4ccccc4)CCCC3)n2)C1. The lowest BCUT2D eigenvalue weighted by Gasteiger charge is -2.34. The van der Waals surface area contributed by atoms with Gasteiger partial charge in [-0.05, 0) is 54.9 Å². The van der Waals surface area contributed by atoms with Gasteiger partial charge in [0.05, 0.1) is 21.3 Å². The molecule has 1 saturated carbocycles. The lowest BCUT2D eigenvalue weighted by atomic mass is 9.74. The van der Waals surface area contributed by atoms with Crippen LogP contribution >= 0.6 is 23.2 Å². The number of hydrogen-bond acceptors (Lipinski definition) is 4. The third-order valence-corrected chi connectivity index (χ3v) is 8.37. The summed E-state index contributed by atoms with van der Waals surface area (Å²) in [5.41, 5.74) is 3.21. The average Bonchev–Trinajstić information content (AvgIpc) is 3.41. The molecule has 1 aliphatic heterocycles. The minimum Gasteiger partial charge on any atom is -0.348 e.